The number of alkyl halides is 6. The fraction of sp³-hybridized carbons (Fsp3) is 0.364. The molecule has 1 heterocycles. The molecule has 10 heteroatoms. The van der Waals surface area contributed by atoms with Gasteiger partial charge < -0.3 is 10.6 Å². The van der Waals surface area contributed by atoms with E-state index in [1.54, 1.807) is 18.2 Å². The summed E-state index contributed by atoms with van der Waals surface area (Å²) < 4.78 is 78.8. The molecule has 1 saturated heterocycles. The normalized spacial score (nSPS) is 21.8. The van der Waals surface area contributed by atoms with Crippen LogP contribution in [-0.2, 0) is 17.8 Å². The molecule has 2 N–H and O–H groups in total. The monoisotopic (exact) mass is 455 g/mol. The number of nitrogens with two attached hydrogens (primary N) is 1. The Labute approximate surface area is 180 Å². The number of nitriles is 1. The van der Waals surface area contributed by atoms with Crippen molar-refractivity contribution in [2.45, 2.75) is 43.7 Å². The van der Waals surface area contributed by atoms with Crippen molar-refractivity contribution in [3.05, 3.63) is 70.3 Å². The molecular formula is C22H19F6N3O. The smallest absolute Gasteiger partial charge is 0.323 e. The lowest BCUT2D eigenvalue weighted by Crippen LogP contribution is -2.55. The maximum Gasteiger partial charge on any atom is 0.416 e. The third kappa shape index (κ3) is 4.43. The van der Waals surface area contributed by atoms with Crippen molar-refractivity contribution in [1.29, 1.82) is 5.26 Å². The number of halogens is 6. The Morgan fingerprint density at radius 3 is 2.12 bits per heavy atom. The number of nitrogens with zero attached hydrogens (tertiary/aromatic N) is 2. The molecule has 1 aliphatic heterocycles. The molecule has 0 aliphatic carbocycles. The summed E-state index contributed by atoms with van der Waals surface area (Å²) in [5.74, 6) is -1.05. The first kappa shape index (κ1) is 23.6. The number of amides is 1. The summed E-state index contributed by atoms with van der Waals surface area (Å²) in [4.78, 5) is 13.9. The molecule has 0 radical (unpaired) electrons. The topological polar surface area (TPSA) is 70.1 Å². The zero-order valence-corrected chi connectivity index (χ0v) is 16.9. The Kier molecular flexibility index (Phi) is 6.00. The number of benzene rings is 2. The molecule has 170 valence electrons. The molecule has 1 amide bonds. The molecule has 0 saturated carbocycles. The number of likely N-dealkylation sites (tertiary alicyclic amines) is 1. The van der Waals surface area contributed by atoms with E-state index in [0.717, 1.165) is 16.0 Å². The SMILES string of the molecule is Cc1ccccc1C1(C#N)CCN(C(=O)c2cc(C(F)(F)F)cc(C(F)(F)F)c2)C(N)C1. The van der Waals surface area contributed by atoms with Crippen LogP contribution in [0.25, 0.3) is 0 Å². The second-order valence-corrected chi connectivity index (χ2v) is 7.82. The van der Waals surface area contributed by atoms with Gasteiger partial charge in [-0.2, -0.15) is 31.6 Å². The molecule has 0 aromatic heterocycles. The first-order valence-corrected chi connectivity index (χ1v) is 9.62. The Bertz CT molecular complexity index is 1040. The molecule has 0 bridgehead atoms. The second kappa shape index (κ2) is 8.13. The third-order valence-electron chi connectivity index (χ3n) is 5.71. The van der Waals surface area contributed by atoms with Crippen molar-refractivity contribution < 1.29 is 31.1 Å². The lowest BCUT2D eigenvalue weighted by molar-refractivity contribution is -0.143. The van der Waals surface area contributed by atoms with Crippen LogP contribution in [0.15, 0.2) is 42.5 Å². The van der Waals surface area contributed by atoms with Gasteiger partial charge in [0, 0.05) is 18.5 Å². The van der Waals surface area contributed by atoms with Gasteiger partial charge in [-0.15, -0.1) is 0 Å². The van der Waals surface area contributed by atoms with Crippen molar-refractivity contribution in [1.82, 2.24) is 4.90 Å². The lowest BCUT2D eigenvalue weighted by atomic mass is 9.71. The van der Waals surface area contributed by atoms with Crippen molar-refractivity contribution in [3.63, 3.8) is 0 Å². The summed E-state index contributed by atoms with van der Waals surface area (Å²) in [6.07, 6.45) is -11.1. The van der Waals surface area contributed by atoms with Gasteiger partial charge in [0.1, 0.15) is 0 Å². The highest BCUT2D eigenvalue weighted by molar-refractivity contribution is 5.95. The van der Waals surface area contributed by atoms with E-state index >= 15 is 0 Å². The average Bonchev–Trinajstić information content (AvgIpc) is 2.72. The number of carbonyl (C=O) groups excluding carboxylic acids is 1. The van der Waals surface area contributed by atoms with Gasteiger partial charge in [0.25, 0.3) is 5.91 Å². The van der Waals surface area contributed by atoms with Crippen LogP contribution in [-0.4, -0.2) is 23.5 Å². The van der Waals surface area contributed by atoms with Gasteiger partial charge in [-0.25, -0.2) is 0 Å². The van der Waals surface area contributed by atoms with Gasteiger partial charge in [0.05, 0.1) is 28.8 Å². The number of rotatable bonds is 2. The van der Waals surface area contributed by atoms with Gasteiger partial charge >= 0.3 is 12.4 Å². The number of carbonyl (C=O) groups is 1. The summed E-state index contributed by atoms with van der Waals surface area (Å²) in [6.45, 7) is 1.72. The van der Waals surface area contributed by atoms with Crippen LogP contribution in [0.5, 0.6) is 0 Å². The maximum absolute atomic E-state index is 13.1. The van der Waals surface area contributed by atoms with Crippen LogP contribution in [0.4, 0.5) is 26.3 Å². The molecule has 1 fully saturated rings. The standard InChI is InChI=1S/C22H19F6N3O/c1-13-4-2-3-5-17(13)20(12-29)6-7-31(18(30)11-20)19(32)14-8-15(21(23,24)25)10-16(9-14)22(26,27)28/h2-5,8-10,18H,6-7,11,30H2,1H3. The molecule has 4 nitrogen and oxygen atoms in total. The van der Waals surface area contributed by atoms with Gasteiger partial charge in [0.15, 0.2) is 0 Å². The van der Waals surface area contributed by atoms with Crippen LogP contribution < -0.4 is 5.73 Å². The van der Waals surface area contributed by atoms with E-state index in [2.05, 4.69) is 6.07 Å². The van der Waals surface area contributed by atoms with E-state index < -0.39 is 46.5 Å². The molecule has 0 spiro atoms. The van der Waals surface area contributed by atoms with E-state index in [1.165, 1.54) is 0 Å². The largest absolute Gasteiger partial charge is 0.416 e. The van der Waals surface area contributed by atoms with E-state index in [9.17, 15) is 36.4 Å². The van der Waals surface area contributed by atoms with E-state index in [0.29, 0.717) is 12.1 Å². The lowest BCUT2D eigenvalue weighted by Gasteiger charge is -2.42. The molecule has 2 unspecified atom stereocenters. The minimum Gasteiger partial charge on any atom is -0.323 e. The zero-order valence-electron chi connectivity index (χ0n) is 16.9. The Morgan fingerprint density at radius 2 is 1.66 bits per heavy atom. The van der Waals surface area contributed by atoms with Crippen molar-refractivity contribution in [3.8, 4) is 6.07 Å². The summed E-state index contributed by atoms with van der Waals surface area (Å²) >= 11 is 0. The second-order valence-electron chi connectivity index (χ2n) is 7.82. The minimum atomic E-state index is -5.07. The van der Waals surface area contributed by atoms with Crippen molar-refractivity contribution in [2.24, 2.45) is 5.73 Å². The molecule has 2 aromatic carbocycles. The summed E-state index contributed by atoms with van der Waals surface area (Å²) in [5, 5.41) is 9.87. The van der Waals surface area contributed by atoms with Crippen molar-refractivity contribution in [2.75, 3.05) is 6.54 Å². The van der Waals surface area contributed by atoms with E-state index in [4.69, 9.17) is 5.73 Å². The highest BCUT2D eigenvalue weighted by Gasteiger charge is 2.43. The average molecular weight is 455 g/mol. The Hall–Kier alpha value is -3.06. The Morgan fingerprint density at radius 1 is 1.09 bits per heavy atom. The first-order chi connectivity index (χ1) is 14.8. The van der Waals surface area contributed by atoms with Crippen LogP contribution in [0.3, 0.4) is 0 Å². The van der Waals surface area contributed by atoms with Crippen LogP contribution in [0, 0.1) is 18.3 Å². The highest BCUT2D eigenvalue weighted by atomic mass is 19.4. The predicted molar refractivity (Wildman–Crippen MR) is 103 cm³/mol. The predicted octanol–water partition coefficient (Wildman–Crippen LogP) is 5.02. The van der Waals surface area contributed by atoms with Crippen LogP contribution in [0.2, 0.25) is 0 Å². The first-order valence-electron chi connectivity index (χ1n) is 9.62. The van der Waals surface area contributed by atoms with Gasteiger partial charge in [-0.05, 0) is 42.7 Å². The van der Waals surface area contributed by atoms with Crippen LogP contribution >= 0.6 is 0 Å². The molecule has 1 aliphatic rings. The zero-order chi connectivity index (χ0) is 23.9. The van der Waals surface area contributed by atoms with Gasteiger partial charge in [-0.3, -0.25) is 4.79 Å². The summed E-state index contributed by atoms with van der Waals surface area (Å²) in [5.41, 5.74) is 2.74. The fourth-order valence-electron chi connectivity index (χ4n) is 4.06. The number of piperidine rings is 1. The third-order valence-corrected chi connectivity index (χ3v) is 5.71. The van der Waals surface area contributed by atoms with Crippen LogP contribution in [0.1, 0.15) is 45.5 Å². The molecule has 3 rings (SSSR count). The highest BCUT2D eigenvalue weighted by Crippen LogP contribution is 2.40. The van der Waals surface area contributed by atoms with Gasteiger partial charge in [-0.1, -0.05) is 24.3 Å². The number of aryl methyl sites for hydroxylation is 1. The quantitative estimate of drug-likeness (QED) is 0.647. The molecule has 32 heavy (non-hydrogen) atoms. The van der Waals surface area contributed by atoms with E-state index in [-0.39, 0.29) is 25.5 Å². The van der Waals surface area contributed by atoms with E-state index in [1.807, 2.05) is 13.0 Å². The maximum atomic E-state index is 13.1. The number of hydrogen-bond donors (Lipinski definition) is 1. The Balaban J connectivity index is 1.95. The van der Waals surface area contributed by atoms with Crippen molar-refractivity contribution >= 4 is 5.91 Å². The fourth-order valence-corrected chi connectivity index (χ4v) is 4.06. The molecule has 2 atom stereocenters. The molecular weight excluding hydrogens is 436 g/mol. The minimum absolute atomic E-state index is 0.00875. The number of hydrogen-bond acceptors (Lipinski definition) is 3. The van der Waals surface area contributed by atoms with Gasteiger partial charge in [0.2, 0.25) is 0 Å². The summed E-state index contributed by atoms with van der Waals surface area (Å²) in [7, 11) is 0. The summed E-state index contributed by atoms with van der Waals surface area (Å²) in [6, 6.07) is 10.1. The molecule has 2 aromatic rings.